The zero-order valence-corrected chi connectivity index (χ0v) is 14.2. The summed E-state index contributed by atoms with van der Waals surface area (Å²) in [4.78, 5) is 25.3. The Bertz CT molecular complexity index is 576. The predicted octanol–water partition coefficient (Wildman–Crippen LogP) is 1.18. The van der Waals surface area contributed by atoms with Crippen LogP contribution in [0.1, 0.15) is 18.4 Å². The summed E-state index contributed by atoms with van der Waals surface area (Å²) in [6.07, 6.45) is 2.11. The van der Waals surface area contributed by atoms with Gasteiger partial charge in [-0.05, 0) is 38.1 Å². The number of carbonyl (C=O) groups is 2. The molecule has 2 rings (SSSR count). The van der Waals surface area contributed by atoms with Crippen LogP contribution in [0.5, 0.6) is 5.75 Å². The van der Waals surface area contributed by atoms with E-state index in [9.17, 15) is 9.59 Å². The normalized spacial score (nSPS) is 13.7. The number of hydrogen-bond donors (Lipinski definition) is 2. The van der Waals surface area contributed by atoms with Crippen molar-refractivity contribution in [2.24, 2.45) is 0 Å². The van der Waals surface area contributed by atoms with Gasteiger partial charge in [0.2, 0.25) is 11.8 Å². The van der Waals surface area contributed by atoms with Crippen molar-refractivity contribution in [2.45, 2.75) is 25.4 Å². The van der Waals surface area contributed by atoms with Crippen LogP contribution >= 0.6 is 11.6 Å². The number of likely N-dealkylation sites (N-methyl/N-ethyl adjacent to an activating group) is 1. The number of nitrogens with zero attached hydrogens (tertiary/aromatic N) is 1. The Balaban J connectivity index is 1.75. The summed E-state index contributed by atoms with van der Waals surface area (Å²) in [5, 5.41) is 6.29. The number of amides is 2. The highest BCUT2D eigenvalue weighted by atomic mass is 35.5. The number of ether oxygens (including phenoxy) is 1. The maximum atomic E-state index is 12.0. The molecule has 2 N–H and O–H groups in total. The summed E-state index contributed by atoms with van der Waals surface area (Å²) in [6, 6.07) is 5.59. The summed E-state index contributed by atoms with van der Waals surface area (Å²) < 4.78 is 5.24. The molecule has 0 unspecified atom stereocenters. The molecule has 2 amide bonds. The summed E-state index contributed by atoms with van der Waals surface area (Å²) in [6.45, 7) is 0.691. The molecule has 1 fully saturated rings. The standard InChI is InChI=1S/C16H22ClN3O3/c1-20(10-16(22)19-13-4-5-13)9-15(21)18-8-11-7-12(17)3-6-14(11)23-2/h3,6-7,13H,4-5,8-10H2,1-2H3,(H,18,21)(H,19,22). The van der Waals surface area contributed by atoms with Gasteiger partial charge in [-0.25, -0.2) is 0 Å². The number of halogens is 1. The van der Waals surface area contributed by atoms with E-state index < -0.39 is 0 Å². The van der Waals surface area contributed by atoms with Gasteiger partial charge in [0.05, 0.1) is 20.2 Å². The minimum Gasteiger partial charge on any atom is -0.496 e. The van der Waals surface area contributed by atoms with Crippen molar-refractivity contribution >= 4 is 23.4 Å². The average Bonchev–Trinajstić information content (AvgIpc) is 3.28. The number of hydrogen-bond acceptors (Lipinski definition) is 4. The Labute approximate surface area is 141 Å². The van der Waals surface area contributed by atoms with Gasteiger partial charge < -0.3 is 15.4 Å². The molecule has 0 aromatic heterocycles. The smallest absolute Gasteiger partial charge is 0.234 e. The SMILES string of the molecule is COc1ccc(Cl)cc1CNC(=O)CN(C)CC(=O)NC1CC1. The molecule has 0 saturated heterocycles. The minimum absolute atomic E-state index is 0.0423. The number of benzene rings is 1. The highest BCUT2D eigenvalue weighted by molar-refractivity contribution is 6.30. The van der Waals surface area contributed by atoms with Crippen LogP contribution in [-0.4, -0.2) is 50.0 Å². The lowest BCUT2D eigenvalue weighted by Gasteiger charge is -2.16. The fraction of sp³-hybridized carbons (Fsp3) is 0.500. The number of rotatable bonds is 8. The van der Waals surface area contributed by atoms with Crippen LogP contribution in [0.25, 0.3) is 0 Å². The van der Waals surface area contributed by atoms with Gasteiger partial charge in [-0.3, -0.25) is 14.5 Å². The Kier molecular flexibility index (Phi) is 6.24. The lowest BCUT2D eigenvalue weighted by atomic mass is 10.2. The van der Waals surface area contributed by atoms with Gasteiger partial charge in [0.15, 0.2) is 0 Å². The summed E-state index contributed by atoms with van der Waals surface area (Å²) >= 11 is 5.96. The maximum Gasteiger partial charge on any atom is 0.234 e. The molecule has 1 aromatic rings. The van der Waals surface area contributed by atoms with E-state index in [0.717, 1.165) is 18.4 Å². The molecule has 0 aliphatic heterocycles. The first kappa shape index (κ1) is 17.6. The molecular weight excluding hydrogens is 318 g/mol. The van der Waals surface area contributed by atoms with Gasteiger partial charge in [-0.1, -0.05) is 11.6 Å². The molecule has 0 heterocycles. The molecule has 1 aliphatic rings. The zero-order chi connectivity index (χ0) is 16.8. The number of methoxy groups -OCH3 is 1. The molecular formula is C16H22ClN3O3. The van der Waals surface area contributed by atoms with Gasteiger partial charge in [-0.2, -0.15) is 0 Å². The van der Waals surface area contributed by atoms with Crippen LogP contribution < -0.4 is 15.4 Å². The Morgan fingerprint density at radius 2 is 2.00 bits per heavy atom. The maximum absolute atomic E-state index is 12.0. The molecule has 0 spiro atoms. The van der Waals surface area contributed by atoms with Crippen LogP contribution in [-0.2, 0) is 16.1 Å². The molecule has 0 bridgehead atoms. The largest absolute Gasteiger partial charge is 0.496 e. The highest BCUT2D eigenvalue weighted by Crippen LogP contribution is 2.22. The molecule has 23 heavy (non-hydrogen) atoms. The first-order valence-electron chi connectivity index (χ1n) is 7.55. The van der Waals surface area contributed by atoms with E-state index in [2.05, 4.69) is 10.6 Å². The molecule has 1 aromatic carbocycles. The second-order valence-electron chi connectivity index (χ2n) is 5.75. The average molecular weight is 340 g/mol. The number of carbonyl (C=O) groups excluding carboxylic acids is 2. The zero-order valence-electron chi connectivity index (χ0n) is 13.4. The molecule has 126 valence electrons. The molecule has 1 aliphatic carbocycles. The Morgan fingerprint density at radius 3 is 2.65 bits per heavy atom. The lowest BCUT2D eigenvalue weighted by molar-refractivity contribution is -0.124. The van der Waals surface area contributed by atoms with Crippen molar-refractivity contribution < 1.29 is 14.3 Å². The van der Waals surface area contributed by atoms with E-state index in [0.29, 0.717) is 23.4 Å². The molecule has 6 nitrogen and oxygen atoms in total. The third-order valence-corrected chi connectivity index (χ3v) is 3.72. The van der Waals surface area contributed by atoms with Crippen LogP contribution in [0.15, 0.2) is 18.2 Å². The van der Waals surface area contributed by atoms with Crippen molar-refractivity contribution in [3.8, 4) is 5.75 Å². The van der Waals surface area contributed by atoms with E-state index in [4.69, 9.17) is 16.3 Å². The topological polar surface area (TPSA) is 70.7 Å². The van der Waals surface area contributed by atoms with Gasteiger partial charge in [0, 0.05) is 23.2 Å². The van der Waals surface area contributed by atoms with Crippen LogP contribution in [0.4, 0.5) is 0 Å². The molecule has 7 heteroatoms. The van der Waals surface area contributed by atoms with Crippen LogP contribution in [0.3, 0.4) is 0 Å². The van der Waals surface area contributed by atoms with Crippen molar-refractivity contribution in [3.63, 3.8) is 0 Å². The molecule has 0 atom stereocenters. The van der Waals surface area contributed by atoms with E-state index in [1.807, 2.05) is 0 Å². The Hall–Kier alpha value is -1.79. The Morgan fingerprint density at radius 1 is 1.30 bits per heavy atom. The van der Waals surface area contributed by atoms with E-state index in [-0.39, 0.29) is 24.9 Å². The van der Waals surface area contributed by atoms with Crippen molar-refractivity contribution in [2.75, 3.05) is 27.2 Å². The fourth-order valence-electron chi connectivity index (χ4n) is 2.18. The first-order chi connectivity index (χ1) is 11.0. The van der Waals surface area contributed by atoms with Crippen molar-refractivity contribution in [1.82, 2.24) is 15.5 Å². The summed E-state index contributed by atoms with van der Waals surface area (Å²) in [5.41, 5.74) is 0.808. The van der Waals surface area contributed by atoms with Crippen LogP contribution in [0, 0.1) is 0 Å². The van der Waals surface area contributed by atoms with Crippen LogP contribution in [0.2, 0.25) is 5.02 Å². The summed E-state index contributed by atoms with van der Waals surface area (Å²) in [7, 11) is 3.31. The van der Waals surface area contributed by atoms with Gasteiger partial charge in [0.25, 0.3) is 0 Å². The van der Waals surface area contributed by atoms with E-state index >= 15 is 0 Å². The van der Waals surface area contributed by atoms with Gasteiger partial charge in [0.1, 0.15) is 5.75 Å². The third kappa shape index (κ3) is 6.08. The first-order valence-corrected chi connectivity index (χ1v) is 7.92. The molecule has 0 radical (unpaired) electrons. The van der Waals surface area contributed by atoms with E-state index in [1.54, 1.807) is 37.3 Å². The van der Waals surface area contributed by atoms with E-state index in [1.165, 1.54) is 0 Å². The molecule has 1 saturated carbocycles. The monoisotopic (exact) mass is 339 g/mol. The minimum atomic E-state index is -0.159. The van der Waals surface area contributed by atoms with Crippen molar-refractivity contribution in [3.05, 3.63) is 28.8 Å². The third-order valence-electron chi connectivity index (χ3n) is 3.49. The fourth-order valence-corrected chi connectivity index (χ4v) is 2.38. The summed E-state index contributed by atoms with van der Waals surface area (Å²) in [5.74, 6) is 0.472. The predicted molar refractivity (Wildman–Crippen MR) is 88.5 cm³/mol. The van der Waals surface area contributed by atoms with Gasteiger partial charge in [-0.15, -0.1) is 0 Å². The highest BCUT2D eigenvalue weighted by Gasteiger charge is 2.23. The number of nitrogens with one attached hydrogen (secondary N) is 2. The second-order valence-corrected chi connectivity index (χ2v) is 6.18. The quantitative estimate of drug-likeness (QED) is 0.746. The lowest BCUT2D eigenvalue weighted by Crippen LogP contribution is -2.41. The van der Waals surface area contributed by atoms with Crippen molar-refractivity contribution in [1.29, 1.82) is 0 Å². The van der Waals surface area contributed by atoms with Gasteiger partial charge >= 0.3 is 0 Å². The second kappa shape index (κ2) is 8.17.